The number of sulfonamides is 1. The van der Waals surface area contributed by atoms with E-state index >= 15 is 0 Å². The second kappa shape index (κ2) is 7.43. The molecule has 3 aromatic rings. The first-order chi connectivity index (χ1) is 12.7. The van der Waals surface area contributed by atoms with E-state index < -0.39 is 10.0 Å². The van der Waals surface area contributed by atoms with Gasteiger partial charge in [0.25, 0.3) is 5.91 Å². The Morgan fingerprint density at radius 3 is 2.26 bits per heavy atom. The fourth-order valence-electron chi connectivity index (χ4n) is 2.23. The minimum absolute atomic E-state index is 0.0414. The molecule has 0 saturated carbocycles. The molecule has 0 fully saturated rings. The van der Waals surface area contributed by atoms with Gasteiger partial charge in [0.05, 0.1) is 10.6 Å². The molecule has 10 heteroatoms. The SMILES string of the molecule is Cc1nc(Nc2ccc(F)cc2)sc1C(=O)Nc1ccc(S(N)(=O)=O)cc1. The number of amides is 1. The number of nitrogens with zero attached hydrogens (tertiary/aromatic N) is 1. The fraction of sp³-hybridized carbons (Fsp3) is 0.0588. The van der Waals surface area contributed by atoms with Crippen LogP contribution in [-0.4, -0.2) is 19.3 Å². The van der Waals surface area contributed by atoms with E-state index in [9.17, 15) is 17.6 Å². The van der Waals surface area contributed by atoms with E-state index in [1.54, 1.807) is 19.1 Å². The molecule has 3 rings (SSSR count). The topological polar surface area (TPSA) is 114 Å². The van der Waals surface area contributed by atoms with Gasteiger partial charge in [-0.15, -0.1) is 0 Å². The van der Waals surface area contributed by atoms with E-state index in [1.165, 1.54) is 36.4 Å². The smallest absolute Gasteiger partial charge is 0.267 e. The molecule has 2 aromatic carbocycles. The number of carbonyl (C=O) groups excluding carboxylic acids is 1. The molecule has 0 aliphatic carbocycles. The predicted molar refractivity (Wildman–Crippen MR) is 102 cm³/mol. The molecule has 1 heterocycles. The van der Waals surface area contributed by atoms with Crippen LogP contribution in [0.25, 0.3) is 0 Å². The minimum Gasteiger partial charge on any atom is -0.332 e. The van der Waals surface area contributed by atoms with Gasteiger partial charge in [0, 0.05) is 11.4 Å². The Labute approximate surface area is 159 Å². The Morgan fingerprint density at radius 1 is 1.07 bits per heavy atom. The summed E-state index contributed by atoms with van der Waals surface area (Å²) in [5, 5.41) is 11.2. The lowest BCUT2D eigenvalue weighted by Crippen LogP contribution is -2.13. The minimum atomic E-state index is -3.79. The Hall–Kier alpha value is -2.82. The Balaban J connectivity index is 1.73. The van der Waals surface area contributed by atoms with Gasteiger partial charge in [0.15, 0.2) is 5.13 Å². The van der Waals surface area contributed by atoms with Crippen molar-refractivity contribution in [2.75, 3.05) is 10.6 Å². The molecule has 0 aliphatic heterocycles. The van der Waals surface area contributed by atoms with Gasteiger partial charge >= 0.3 is 0 Å². The highest BCUT2D eigenvalue weighted by Gasteiger charge is 2.16. The summed E-state index contributed by atoms with van der Waals surface area (Å²) in [4.78, 5) is 17.1. The van der Waals surface area contributed by atoms with E-state index in [2.05, 4.69) is 15.6 Å². The van der Waals surface area contributed by atoms with E-state index in [0.29, 0.717) is 27.1 Å². The van der Waals surface area contributed by atoms with Crippen molar-refractivity contribution in [3.05, 3.63) is 64.9 Å². The number of nitrogens with one attached hydrogen (secondary N) is 2. The molecule has 0 saturated heterocycles. The molecular formula is C17H15FN4O3S2. The summed E-state index contributed by atoms with van der Waals surface area (Å²) in [6, 6.07) is 11.3. The number of primary sulfonamides is 1. The average molecular weight is 406 g/mol. The van der Waals surface area contributed by atoms with Gasteiger partial charge in [0.2, 0.25) is 10.0 Å². The summed E-state index contributed by atoms with van der Waals surface area (Å²) < 4.78 is 35.5. The van der Waals surface area contributed by atoms with E-state index in [1.807, 2.05) is 0 Å². The fourth-order valence-corrected chi connectivity index (χ4v) is 3.63. The number of nitrogens with two attached hydrogens (primary N) is 1. The van der Waals surface area contributed by atoms with Crippen molar-refractivity contribution in [3.8, 4) is 0 Å². The van der Waals surface area contributed by atoms with Crippen LogP contribution >= 0.6 is 11.3 Å². The van der Waals surface area contributed by atoms with Crippen LogP contribution in [0.3, 0.4) is 0 Å². The van der Waals surface area contributed by atoms with Crippen molar-refractivity contribution in [3.63, 3.8) is 0 Å². The summed E-state index contributed by atoms with van der Waals surface area (Å²) in [6.45, 7) is 1.70. The molecule has 1 amide bonds. The first-order valence-corrected chi connectivity index (χ1v) is 10.0. The highest BCUT2D eigenvalue weighted by molar-refractivity contribution is 7.89. The Kier molecular flexibility index (Phi) is 5.22. The summed E-state index contributed by atoms with van der Waals surface area (Å²) in [5.41, 5.74) is 1.60. The van der Waals surface area contributed by atoms with Crippen LogP contribution in [0.1, 0.15) is 15.4 Å². The maximum absolute atomic E-state index is 13.0. The third-order valence-corrected chi connectivity index (χ3v) is 5.54. The summed E-state index contributed by atoms with van der Waals surface area (Å²) in [7, 11) is -3.79. The highest BCUT2D eigenvalue weighted by Crippen LogP contribution is 2.27. The van der Waals surface area contributed by atoms with Gasteiger partial charge in [0.1, 0.15) is 10.7 Å². The molecule has 1 aromatic heterocycles. The van der Waals surface area contributed by atoms with Gasteiger partial charge in [-0.05, 0) is 55.5 Å². The number of hydrogen-bond donors (Lipinski definition) is 3. The third kappa shape index (κ3) is 4.67. The number of carbonyl (C=O) groups is 1. The average Bonchev–Trinajstić information content (AvgIpc) is 2.97. The van der Waals surface area contributed by atoms with Gasteiger partial charge in [-0.25, -0.2) is 22.9 Å². The van der Waals surface area contributed by atoms with Crippen molar-refractivity contribution in [1.29, 1.82) is 0 Å². The van der Waals surface area contributed by atoms with Crippen molar-refractivity contribution < 1.29 is 17.6 Å². The molecular weight excluding hydrogens is 391 g/mol. The van der Waals surface area contributed by atoms with Crippen LogP contribution in [-0.2, 0) is 10.0 Å². The number of aromatic nitrogens is 1. The summed E-state index contributed by atoms with van der Waals surface area (Å²) in [6.07, 6.45) is 0. The van der Waals surface area contributed by atoms with Crippen LogP contribution < -0.4 is 15.8 Å². The number of halogens is 1. The van der Waals surface area contributed by atoms with Crippen molar-refractivity contribution in [1.82, 2.24) is 4.98 Å². The van der Waals surface area contributed by atoms with Crippen LogP contribution in [0.5, 0.6) is 0 Å². The zero-order chi connectivity index (χ0) is 19.6. The maximum Gasteiger partial charge on any atom is 0.267 e. The van der Waals surface area contributed by atoms with Gasteiger partial charge in [-0.3, -0.25) is 4.79 Å². The van der Waals surface area contributed by atoms with E-state index in [-0.39, 0.29) is 16.6 Å². The molecule has 0 radical (unpaired) electrons. The number of anilines is 3. The zero-order valence-corrected chi connectivity index (χ0v) is 15.7. The van der Waals surface area contributed by atoms with Gasteiger partial charge in [-0.1, -0.05) is 11.3 Å². The molecule has 0 spiro atoms. The highest BCUT2D eigenvalue weighted by atomic mass is 32.2. The number of thiazole rings is 1. The van der Waals surface area contributed by atoms with Crippen molar-refractivity contribution in [2.24, 2.45) is 5.14 Å². The molecule has 27 heavy (non-hydrogen) atoms. The molecule has 0 bridgehead atoms. The van der Waals surface area contributed by atoms with E-state index in [4.69, 9.17) is 5.14 Å². The number of rotatable bonds is 5. The Bertz CT molecular complexity index is 1080. The second-order valence-corrected chi connectivity index (χ2v) is 8.15. The lowest BCUT2D eigenvalue weighted by Gasteiger charge is -2.05. The van der Waals surface area contributed by atoms with Crippen LogP contribution in [0.2, 0.25) is 0 Å². The van der Waals surface area contributed by atoms with Crippen LogP contribution in [0.15, 0.2) is 53.4 Å². The normalized spacial score (nSPS) is 11.2. The first-order valence-electron chi connectivity index (χ1n) is 7.66. The molecule has 140 valence electrons. The predicted octanol–water partition coefficient (Wildman–Crippen LogP) is 3.23. The maximum atomic E-state index is 13.0. The monoisotopic (exact) mass is 406 g/mol. The van der Waals surface area contributed by atoms with Gasteiger partial charge < -0.3 is 10.6 Å². The lowest BCUT2D eigenvalue weighted by atomic mass is 10.3. The lowest BCUT2D eigenvalue weighted by molar-refractivity contribution is 0.103. The Morgan fingerprint density at radius 2 is 1.67 bits per heavy atom. The number of aryl methyl sites for hydroxylation is 1. The standard InChI is InChI=1S/C17H15FN4O3S2/c1-10-15(26-17(20-10)22-13-4-2-11(18)3-5-13)16(23)21-12-6-8-14(9-7-12)27(19,24)25/h2-9H,1H3,(H,20,22)(H,21,23)(H2,19,24,25). The first kappa shape index (κ1) is 19.0. The molecule has 0 unspecified atom stereocenters. The largest absolute Gasteiger partial charge is 0.332 e. The van der Waals surface area contributed by atoms with E-state index in [0.717, 1.165) is 11.3 Å². The molecule has 4 N–H and O–H groups in total. The van der Waals surface area contributed by atoms with Crippen molar-refractivity contribution >= 4 is 43.8 Å². The third-order valence-electron chi connectivity index (χ3n) is 3.54. The number of hydrogen-bond acceptors (Lipinski definition) is 6. The second-order valence-electron chi connectivity index (χ2n) is 5.59. The summed E-state index contributed by atoms with van der Waals surface area (Å²) >= 11 is 1.15. The van der Waals surface area contributed by atoms with Crippen molar-refractivity contribution in [2.45, 2.75) is 11.8 Å². The van der Waals surface area contributed by atoms with Crippen LogP contribution in [0.4, 0.5) is 20.9 Å². The van der Waals surface area contributed by atoms with Gasteiger partial charge in [-0.2, -0.15) is 0 Å². The molecule has 7 nitrogen and oxygen atoms in total. The molecule has 0 aliphatic rings. The zero-order valence-electron chi connectivity index (χ0n) is 14.1. The van der Waals surface area contributed by atoms with Crippen LogP contribution in [0, 0.1) is 12.7 Å². The molecule has 0 atom stereocenters. The summed E-state index contributed by atoms with van der Waals surface area (Å²) in [5.74, 6) is -0.718. The number of benzene rings is 2. The quantitative estimate of drug-likeness (QED) is 0.602.